The zero-order valence-electron chi connectivity index (χ0n) is 28.3. The number of hydrogen-bond acceptors (Lipinski definition) is 6. The van der Waals surface area contributed by atoms with E-state index in [4.69, 9.17) is 9.47 Å². The maximum absolute atomic E-state index is 12.0. The summed E-state index contributed by atoms with van der Waals surface area (Å²) in [5.41, 5.74) is 3.68. The van der Waals surface area contributed by atoms with Crippen molar-refractivity contribution in [1.29, 1.82) is 0 Å². The van der Waals surface area contributed by atoms with Crippen LogP contribution < -0.4 is 19.3 Å². The quantitative estimate of drug-likeness (QED) is 0.166. The first-order valence-electron chi connectivity index (χ1n) is 16.9. The normalized spacial score (nSPS) is 20.6. The highest BCUT2D eigenvalue weighted by Gasteiger charge is 2.39. The molecule has 1 aliphatic carbocycles. The SMILES string of the molecule is CC1(c2ccc(Oc3ccc(N4C(=O)C=CC4=O)cc3)cc2)CCC(C(C)(C)c2ccc(Oc3ccc(N4C(=O)C=CC4=O)cc3)cc2)CC1. The minimum atomic E-state index is -0.345. The molecule has 0 radical (unpaired) electrons. The zero-order chi connectivity index (χ0) is 35.0. The van der Waals surface area contributed by atoms with Crippen LogP contribution in [0.1, 0.15) is 57.6 Å². The van der Waals surface area contributed by atoms with E-state index in [1.807, 2.05) is 24.3 Å². The molecule has 4 aromatic rings. The van der Waals surface area contributed by atoms with E-state index in [0.717, 1.165) is 47.0 Å². The van der Waals surface area contributed by atoms with Crippen molar-refractivity contribution in [2.75, 3.05) is 9.80 Å². The third-order valence-corrected chi connectivity index (χ3v) is 10.5. The van der Waals surface area contributed by atoms with Crippen molar-refractivity contribution in [3.05, 3.63) is 132 Å². The summed E-state index contributed by atoms with van der Waals surface area (Å²) in [5.74, 6) is 1.86. The minimum absolute atomic E-state index is 0.0105. The lowest BCUT2D eigenvalue weighted by molar-refractivity contribution is -0.121. The molecule has 0 unspecified atom stereocenters. The van der Waals surface area contributed by atoms with E-state index >= 15 is 0 Å². The maximum Gasteiger partial charge on any atom is 0.258 e. The molecule has 0 atom stereocenters. The second kappa shape index (κ2) is 12.9. The van der Waals surface area contributed by atoms with Crippen molar-refractivity contribution in [3.63, 3.8) is 0 Å². The van der Waals surface area contributed by atoms with Gasteiger partial charge in [-0.3, -0.25) is 19.2 Å². The Hall–Kier alpha value is -5.76. The van der Waals surface area contributed by atoms with Crippen molar-refractivity contribution in [2.45, 2.75) is 57.3 Å². The summed E-state index contributed by atoms with van der Waals surface area (Å²) in [4.78, 5) is 50.1. The van der Waals surface area contributed by atoms with Crippen LogP contribution in [-0.2, 0) is 30.0 Å². The molecule has 252 valence electrons. The Bertz CT molecular complexity index is 1960. The summed E-state index contributed by atoms with van der Waals surface area (Å²) in [6, 6.07) is 30.5. The maximum atomic E-state index is 12.0. The molecule has 0 bridgehead atoms. The van der Waals surface area contributed by atoms with Crippen LogP contribution in [0.4, 0.5) is 11.4 Å². The molecule has 1 saturated carbocycles. The molecule has 7 rings (SSSR count). The number of amides is 4. The van der Waals surface area contributed by atoms with Crippen LogP contribution in [-0.4, -0.2) is 23.6 Å². The fourth-order valence-corrected chi connectivity index (χ4v) is 7.29. The molecule has 2 aliphatic heterocycles. The van der Waals surface area contributed by atoms with Gasteiger partial charge in [0, 0.05) is 24.3 Å². The van der Waals surface area contributed by atoms with Gasteiger partial charge in [-0.2, -0.15) is 0 Å². The predicted molar refractivity (Wildman–Crippen MR) is 192 cm³/mol. The van der Waals surface area contributed by atoms with Crippen molar-refractivity contribution >= 4 is 35.0 Å². The van der Waals surface area contributed by atoms with Crippen LogP contribution in [0.5, 0.6) is 23.0 Å². The largest absolute Gasteiger partial charge is 0.457 e. The van der Waals surface area contributed by atoms with Gasteiger partial charge in [-0.15, -0.1) is 0 Å². The van der Waals surface area contributed by atoms with Gasteiger partial charge in [0.25, 0.3) is 23.6 Å². The van der Waals surface area contributed by atoms with Gasteiger partial charge >= 0.3 is 0 Å². The summed E-state index contributed by atoms with van der Waals surface area (Å²) >= 11 is 0. The summed E-state index contributed by atoms with van der Waals surface area (Å²) < 4.78 is 12.1. The van der Waals surface area contributed by atoms with Gasteiger partial charge in [0.15, 0.2) is 0 Å². The smallest absolute Gasteiger partial charge is 0.258 e. The first-order chi connectivity index (χ1) is 24.0. The number of anilines is 2. The fraction of sp³-hybridized carbons (Fsp3) is 0.238. The highest BCUT2D eigenvalue weighted by molar-refractivity contribution is 6.28. The van der Waals surface area contributed by atoms with Crippen LogP contribution >= 0.6 is 0 Å². The molecule has 1 fully saturated rings. The van der Waals surface area contributed by atoms with Gasteiger partial charge in [-0.05, 0) is 126 Å². The molecule has 0 saturated heterocycles. The van der Waals surface area contributed by atoms with Crippen LogP contribution in [0.25, 0.3) is 0 Å². The Labute approximate surface area is 291 Å². The molecule has 8 heteroatoms. The van der Waals surface area contributed by atoms with Gasteiger partial charge < -0.3 is 9.47 Å². The lowest BCUT2D eigenvalue weighted by atomic mass is 9.60. The van der Waals surface area contributed by atoms with E-state index in [1.54, 1.807) is 48.5 Å². The molecule has 4 aromatic carbocycles. The minimum Gasteiger partial charge on any atom is -0.457 e. The van der Waals surface area contributed by atoms with E-state index in [2.05, 4.69) is 45.0 Å². The highest BCUT2D eigenvalue weighted by atomic mass is 16.5. The van der Waals surface area contributed by atoms with Gasteiger partial charge in [0.05, 0.1) is 11.4 Å². The lowest BCUT2D eigenvalue weighted by Crippen LogP contribution is -2.36. The van der Waals surface area contributed by atoms with E-state index in [0.29, 0.717) is 28.8 Å². The number of hydrogen-bond donors (Lipinski definition) is 0. The summed E-state index contributed by atoms with van der Waals surface area (Å²) in [6.45, 7) is 7.03. The Kier molecular flexibility index (Phi) is 8.48. The Morgan fingerprint density at radius 2 is 0.880 bits per heavy atom. The third kappa shape index (κ3) is 6.36. The first kappa shape index (κ1) is 32.8. The third-order valence-electron chi connectivity index (χ3n) is 10.5. The summed E-state index contributed by atoms with van der Waals surface area (Å²) in [5, 5.41) is 0. The second-order valence-electron chi connectivity index (χ2n) is 14.0. The number of ether oxygens (including phenoxy) is 2. The Morgan fingerprint density at radius 1 is 0.540 bits per heavy atom. The molecular weight excluding hydrogens is 628 g/mol. The molecule has 0 spiro atoms. The monoisotopic (exact) mass is 666 g/mol. The van der Waals surface area contributed by atoms with E-state index in [-0.39, 0.29) is 34.5 Å². The van der Waals surface area contributed by atoms with Crippen molar-refractivity contribution in [1.82, 2.24) is 0 Å². The predicted octanol–water partition coefficient (Wildman–Crippen LogP) is 8.56. The first-order valence-corrected chi connectivity index (χ1v) is 16.9. The number of rotatable bonds is 9. The molecule has 50 heavy (non-hydrogen) atoms. The molecule has 2 heterocycles. The Morgan fingerprint density at radius 3 is 1.26 bits per heavy atom. The number of nitrogens with zero attached hydrogens (tertiary/aromatic N) is 2. The number of benzene rings is 4. The van der Waals surface area contributed by atoms with Gasteiger partial charge in [0.1, 0.15) is 23.0 Å². The molecule has 4 amide bonds. The number of carbonyl (C=O) groups excluding carboxylic acids is 4. The molecular formula is C42H38N2O6. The lowest BCUT2D eigenvalue weighted by Gasteiger charge is -2.44. The standard InChI is InChI=1S/C42H38N2O6/c1-41(2,28-4-12-33(13-5-28)49-35-16-8-31(9-17-35)43-37(45)20-21-38(43)46)29-24-26-42(3,27-25-29)30-6-14-34(15-7-30)50-36-18-10-32(11-19-36)44-39(47)22-23-40(44)48/h4-23,29H,24-27H2,1-3H3. The van der Waals surface area contributed by atoms with Crippen molar-refractivity contribution in [2.24, 2.45) is 5.92 Å². The topological polar surface area (TPSA) is 93.2 Å². The average molecular weight is 667 g/mol. The average Bonchev–Trinajstić information content (AvgIpc) is 3.64. The van der Waals surface area contributed by atoms with Crippen LogP contribution in [0.3, 0.4) is 0 Å². The van der Waals surface area contributed by atoms with E-state index in [1.165, 1.54) is 35.4 Å². The zero-order valence-corrected chi connectivity index (χ0v) is 28.3. The summed E-state index contributed by atoms with van der Waals surface area (Å²) in [7, 11) is 0. The molecule has 3 aliphatic rings. The highest BCUT2D eigenvalue weighted by Crippen LogP contribution is 2.48. The molecule has 0 N–H and O–H groups in total. The van der Waals surface area contributed by atoms with Gasteiger partial charge in [-0.25, -0.2) is 9.80 Å². The van der Waals surface area contributed by atoms with Gasteiger partial charge in [-0.1, -0.05) is 45.0 Å². The molecule has 0 aromatic heterocycles. The Balaban J connectivity index is 0.931. The second-order valence-corrected chi connectivity index (χ2v) is 14.0. The fourth-order valence-electron chi connectivity index (χ4n) is 7.29. The van der Waals surface area contributed by atoms with E-state index in [9.17, 15) is 19.2 Å². The number of carbonyl (C=O) groups is 4. The summed E-state index contributed by atoms with van der Waals surface area (Å²) in [6.07, 6.45) is 9.50. The van der Waals surface area contributed by atoms with Crippen molar-refractivity contribution < 1.29 is 28.7 Å². The van der Waals surface area contributed by atoms with Crippen LogP contribution in [0.2, 0.25) is 0 Å². The molecule has 8 nitrogen and oxygen atoms in total. The van der Waals surface area contributed by atoms with Crippen LogP contribution in [0.15, 0.2) is 121 Å². The number of imide groups is 2. The van der Waals surface area contributed by atoms with Gasteiger partial charge in [0.2, 0.25) is 0 Å². The van der Waals surface area contributed by atoms with E-state index < -0.39 is 0 Å². The van der Waals surface area contributed by atoms with Crippen molar-refractivity contribution in [3.8, 4) is 23.0 Å². The van der Waals surface area contributed by atoms with Crippen LogP contribution in [0, 0.1) is 5.92 Å².